The SMILES string of the molecule is CCc1occc1C(=O)N(C)Cc1cc(N)ccc1Cl. The van der Waals surface area contributed by atoms with Crippen LogP contribution in [0.3, 0.4) is 0 Å². The van der Waals surface area contributed by atoms with Gasteiger partial charge in [-0.2, -0.15) is 0 Å². The molecule has 0 aliphatic carbocycles. The van der Waals surface area contributed by atoms with Gasteiger partial charge in [-0.3, -0.25) is 4.79 Å². The first-order chi connectivity index (χ1) is 9.52. The smallest absolute Gasteiger partial charge is 0.257 e. The Hall–Kier alpha value is -1.94. The molecule has 20 heavy (non-hydrogen) atoms. The number of benzene rings is 1. The number of amides is 1. The van der Waals surface area contributed by atoms with Crippen molar-refractivity contribution in [2.24, 2.45) is 0 Å². The monoisotopic (exact) mass is 292 g/mol. The van der Waals surface area contributed by atoms with E-state index in [1.54, 1.807) is 36.2 Å². The fraction of sp³-hybridized carbons (Fsp3) is 0.267. The second-order valence-corrected chi connectivity index (χ2v) is 5.03. The Bertz CT molecular complexity index is 622. The molecule has 1 aromatic heterocycles. The zero-order chi connectivity index (χ0) is 14.7. The topological polar surface area (TPSA) is 59.5 Å². The number of hydrogen-bond donors (Lipinski definition) is 1. The highest BCUT2D eigenvalue weighted by molar-refractivity contribution is 6.31. The Labute approximate surface area is 123 Å². The van der Waals surface area contributed by atoms with Crippen molar-refractivity contribution < 1.29 is 9.21 Å². The molecule has 5 heteroatoms. The van der Waals surface area contributed by atoms with Gasteiger partial charge in [0.15, 0.2) is 0 Å². The van der Waals surface area contributed by atoms with E-state index in [1.165, 1.54) is 6.26 Å². The molecular weight excluding hydrogens is 276 g/mol. The van der Waals surface area contributed by atoms with Gasteiger partial charge < -0.3 is 15.1 Å². The maximum Gasteiger partial charge on any atom is 0.257 e. The van der Waals surface area contributed by atoms with E-state index in [0.717, 1.165) is 5.56 Å². The van der Waals surface area contributed by atoms with E-state index in [0.29, 0.717) is 35.0 Å². The summed E-state index contributed by atoms with van der Waals surface area (Å²) in [4.78, 5) is 14.0. The predicted molar refractivity (Wildman–Crippen MR) is 79.7 cm³/mol. The van der Waals surface area contributed by atoms with Crippen molar-refractivity contribution in [1.29, 1.82) is 0 Å². The number of nitrogens with zero attached hydrogens (tertiary/aromatic N) is 1. The lowest BCUT2D eigenvalue weighted by molar-refractivity contribution is 0.0783. The van der Waals surface area contributed by atoms with Crippen LogP contribution in [-0.4, -0.2) is 17.9 Å². The number of carbonyl (C=O) groups excluding carboxylic acids is 1. The van der Waals surface area contributed by atoms with Crippen molar-refractivity contribution in [3.05, 3.63) is 52.4 Å². The molecule has 1 amide bonds. The Morgan fingerprint density at radius 3 is 2.85 bits per heavy atom. The summed E-state index contributed by atoms with van der Waals surface area (Å²) in [6.07, 6.45) is 2.22. The molecule has 0 aliphatic heterocycles. The summed E-state index contributed by atoms with van der Waals surface area (Å²) in [5, 5.41) is 0.599. The van der Waals surface area contributed by atoms with E-state index in [-0.39, 0.29) is 5.91 Å². The van der Waals surface area contributed by atoms with E-state index in [1.807, 2.05) is 6.92 Å². The minimum atomic E-state index is -0.0888. The fourth-order valence-electron chi connectivity index (χ4n) is 2.05. The van der Waals surface area contributed by atoms with Gasteiger partial charge in [0.05, 0.1) is 11.8 Å². The number of nitrogen functional groups attached to an aromatic ring is 1. The molecular formula is C15H17ClN2O2. The van der Waals surface area contributed by atoms with E-state index >= 15 is 0 Å². The van der Waals surface area contributed by atoms with Crippen molar-refractivity contribution in [3.63, 3.8) is 0 Å². The van der Waals surface area contributed by atoms with Crippen molar-refractivity contribution >= 4 is 23.2 Å². The van der Waals surface area contributed by atoms with Gasteiger partial charge in [-0.25, -0.2) is 0 Å². The van der Waals surface area contributed by atoms with Gasteiger partial charge in [0, 0.05) is 30.7 Å². The molecule has 0 bridgehead atoms. The van der Waals surface area contributed by atoms with Crippen LogP contribution in [0.4, 0.5) is 5.69 Å². The number of hydrogen-bond acceptors (Lipinski definition) is 3. The first kappa shape index (κ1) is 14.5. The molecule has 2 rings (SSSR count). The third kappa shape index (κ3) is 2.96. The molecule has 106 valence electrons. The summed E-state index contributed by atoms with van der Waals surface area (Å²) in [5.74, 6) is 0.606. The molecule has 0 saturated carbocycles. The largest absolute Gasteiger partial charge is 0.469 e. The van der Waals surface area contributed by atoms with Crippen LogP contribution in [-0.2, 0) is 13.0 Å². The van der Waals surface area contributed by atoms with Gasteiger partial charge in [0.25, 0.3) is 5.91 Å². The van der Waals surface area contributed by atoms with Crippen LogP contribution in [0.15, 0.2) is 34.9 Å². The van der Waals surface area contributed by atoms with E-state index < -0.39 is 0 Å². The van der Waals surface area contributed by atoms with Gasteiger partial charge in [-0.05, 0) is 29.8 Å². The number of halogens is 1. The number of anilines is 1. The van der Waals surface area contributed by atoms with Crippen LogP contribution in [0.5, 0.6) is 0 Å². The summed E-state index contributed by atoms with van der Waals surface area (Å²) in [5.41, 5.74) is 7.79. The van der Waals surface area contributed by atoms with Crippen LogP contribution in [0.2, 0.25) is 5.02 Å². The average molecular weight is 293 g/mol. The molecule has 1 aromatic carbocycles. The lowest BCUT2D eigenvalue weighted by Gasteiger charge is -2.18. The van der Waals surface area contributed by atoms with Crippen LogP contribution in [0.25, 0.3) is 0 Å². The minimum absolute atomic E-state index is 0.0888. The highest BCUT2D eigenvalue weighted by Gasteiger charge is 2.18. The Morgan fingerprint density at radius 2 is 2.15 bits per heavy atom. The summed E-state index contributed by atoms with van der Waals surface area (Å²) in [6.45, 7) is 2.35. The van der Waals surface area contributed by atoms with Gasteiger partial charge in [-0.1, -0.05) is 18.5 Å². The van der Waals surface area contributed by atoms with Crippen LogP contribution in [0.1, 0.15) is 28.6 Å². The molecule has 0 atom stereocenters. The first-order valence-electron chi connectivity index (χ1n) is 6.38. The quantitative estimate of drug-likeness (QED) is 0.879. The van der Waals surface area contributed by atoms with E-state index in [9.17, 15) is 4.79 Å². The first-order valence-corrected chi connectivity index (χ1v) is 6.76. The fourth-order valence-corrected chi connectivity index (χ4v) is 2.23. The van der Waals surface area contributed by atoms with Crippen LogP contribution in [0, 0.1) is 0 Å². The summed E-state index contributed by atoms with van der Waals surface area (Å²) in [6, 6.07) is 6.94. The van der Waals surface area contributed by atoms with Crippen LogP contribution >= 0.6 is 11.6 Å². The van der Waals surface area contributed by atoms with E-state index in [4.69, 9.17) is 21.8 Å². The van der Waals surface area contributed by atoms with Crippen molar-refractivity contribution in [3.8, 4) is 0 Å². The molecule has 0 spiro atoms. The Kier molecular flexibility index (Phi) is 4.35. The Balaban J connectivity index is 2.17. The number of rotatable bonds is 4. The molecule has 0 aliphatic rings. The number of nitrogens with two attached hydrogens (primary N) is 1. The van der Waals surface area contributed by atoms with Gasteiger partial charge >= 0.3 is 0 Å². The molecule has 2 aromatic rings. The maximum atomic E-state index is 12.4. The molecule has 4 nitrogen and oxygen atoms in total. The normalized spacial score (nSPS) is 10.6. The lowest BCUT2D eigenvalue weighted by Crippen LogP contribution is -2.26. The molecule has 0 fully saturated rings. The molecule has 0 saturated heterocycles. The van der Waals surface area contributed by atoms with Crippen molar-refractivity contribution in [2.75, 3.05) is 12.8 Å². The number of carbonyl (C=O) groups is 1. The van der Waals surface area contributed by atoms with Gasteiger partial charge in [0.1, 0.15) is 5.76 Å². The Morgan fingerprint density at radius 1 is 1.40 bits per heavy atom. The molecule has 0 unspecified atom stereocenters. The number of aryl methyl sites for hydroxylation is 1. The maximum absolute atomic E-state index is 12.4. The van der Waals surface area contributed by atoms with Crippen LogP contribution < -0.4 is 5.73 Å². The summed E-state index contributed by atoms with van der Waals surface area (Å²) in [7, 11) is 1.73. The zero-order valence-corrected chi connectivity index (χ0v) is 12.3. The number of furan rings is 1. The van der Waals surface area contributed by atoms with Gasteiger partial charge in [0.2, 0.25) is 0 Å². The summed E-state index contributed by atoms with van der Waals surface area (Å²) >= 11 is 6.12. The second-order valence-electron chi connectivity index (χ2n) is 4.62. The molecule has 0 radical (unpaired) electrons. The average Bonchev–Trinajstić information content (AvgIpc) is 2.90. The predicted octanol–water partition coefficient (Wildman–Crippen LogP) is 3.35. The lowest BCUT2D eigenvalue weighted by atomic mass is 10.1. The highest BCUT2D eigenvalue weighted by atomic mass is 35.5. The summed E-state index contributed by atoms with van der Waals surface area (Å²) < 4.78 is 5.28. The molecule has 2 N–H and O–H groups in total. The third-order valence-electron chi connectivity index (χ3n) is 3.12. The third-order valence-corrected chi connectivity index (χ3v) is 3.49. The standard InChI is InChI=1S/C15H17ClN2O2/c1-3-14-12(6-7-20-14)15(19)18(2)9-10-8-11(17)4-5-13(10)16/h4-8H,3,9,17H2,1-2H3. The minimum Gasteiger partial charge on any atom is -0.469 e. The van der Waals surface area contributed by atoms with E-state index in [2.05, 4.69) is 0 Å². The molecule has 1 heterocycles. The van der Waals surface area contributed by atoms with Gasteiger partial charge in [-0.15, -0.1) is 0 Å². The highest BCUT2D eigenvalue weighted by Crippen LogP contribution is 2.21. The van der Waals surface area contributed by atoms with Crippen molar-refractivity contribution in [2.45, 2.75) is 19.9 Å². The van der Waals surface area contributed by atoms with Crippen molar-refractivity contribution in [1.82, 2.24) is 4.90 Å². The zero-order valence-electron chi connectivity index (χ0n) is 11.5. The second kappa shape index (κ2) is 6.01.